The SMILES string of the molecule is N#CC(C#N)=Cc1ccccc1C(F)(F)C(F)(F)F. The molecule has 0 fully saturated rings. The fraction of sp³-hybridized carbons (Fsp3) is 0.167. The molecule has 0 aliphatic rings. The molecule has 0 atom stereocenters. The van der Waals surface area contributed by atoms with E-state index in [9.17, 15) is 22.0 Å². The highest BCUT2D eigenvalue weighted by Gasteiger charge is 2.59. The molecule has 0 radical (unpaired) electrons. The van der Waals surface area contributed by atoms with Gasteiger partial charge >= 0.3 is 12.1 Å². The summed E-state index contributed by atoms with van der Waals surface area (Å²) in [4.78, 5) is 0. The van der Waals surface area contributed by atoms with Crippen LogP contribution in [0.4, 0.5) is 22.0 Å². The topological polar surface area (TPSA) is 47.6 Å². The molecule has 1 aromatic rings. The van der Waals surface area contributed by atoms with Gasteiger partial charge in [-0.3, -0.25) is 0 Å². The summed E-state index contributed by atoms with van der Waals surface area (Å²) in [5, 5.41) is 17.0. The van der Waals surface area contributed by atoms with Gasteiger partial charge in [0, 0.05) is 5.56 Å². The van der Waals surface area contributed by atoms with Gasteiger partial charge in [0.15, 0.2) is 0 Å². The highest BCUT2D eigenvalue weighted by atomic mass is 19.4. The summed E-state index contributed by atoms with van der Waals surface area (Å²) in [5.41, 5.74) is -2.39. The van der Waals surface area contributed by atoms with Gasteiger partial charge in [0.25, 0.3) is 0 Å². The normalized spacial score (nSPS) is 11.3. The van der Waals surface area contributed by atoms with Crippen LogP contribution in [0.2, 0.25) is 0 Å². The van der Waals surface area contributed by atoms with E-state index in [4.69, 9.17) is 10.5 Å². The molecule has 0 N–H and O–H groups in total. The molecule has 0 saturated carbocycles. The van der Waals surface area contributed by atoms with Gasteiger partial charge in [-0.1, -0.05) is 24.3 Å². The first-order chi connectivity index (χ1) is 8.74. The van der Waals surface area contributed by atoms with Gasteiger partial charge in [0.2, 0.25) is 0 Å². The van der Waals surface area contributed by atoms with Gasteiger partial charge in [-0.25, -0.2) is 0 Å². The van der Waals surface area contributed by atoms with Crippen LogP contribution in [0.5, 0.6) is 0 Å². The Morgan fingerprint density at radius 3 is 2.00 bits per heavy atom. The molecule has 0 amide bonds. The summed E-state index contributed by atoms with van der Waals surface area (Å²) >= 11 is 0. The first-order valence-electron chi connectivity index (χ1n) is 4.80. The Bertz CT molecular complexity index is 571. The van der Waals surface area contributed by atoms with E-state index in [1.807, 2.05) is 0 Å². The van der Waals surface area contributed by atoms with Gasteiger partial charge in [-0.15, -0.1) is 0 Å². The number of hydrogen-bond acceptors (Lipinski definition) is 2. The van der Waals surface area contributed by atoms with Crippen molar-refractivity contribution in [2.75, 3.05) is 0 Å². The average molecular weight is 272 g/mol. The Morgan fingerprint density at radius 2 is 1.53 bits per heavy atom. The molecule has 0 unspecified atom stereocenters. The lowest BCUT2D eigenvalue weighted by molar-refractivity contribution is -0.289. The van der Waals surface area contributed by atoms with E-state index in [1.165, 1.54) is 18.2 Å². The van der Waals surface area contributed by atoms with Crippen molar-refractivity contribution in [3.63, 3.8) is 0 Å². The number of alkyl halides is 5. The third-order valence-electron chi connectivity index (χ3n) is 2.20. The molecular formula is C12H5F5N2. The maximum Gasteiger partial charge on any atom is 0.458 e. The molecule has 0 aromatic heterocycles. The molecule has 0 spiro atoms. The van der Waals surface area contributed by atoms with E-state index in [1.54, 1.807) is 0 Å². The summed E-state index contributed by atoms with van der Waals surface area (Å²) in [6, 6.07) is 6.61. The third-order valence-corrected chi connectivity index (χ3v) is 2.20. The number of nitrogens with zero attached hydrogens (tertiary/aromatic N) is 2. The van der Waals surface area contributed by atoms with Crippen LogP contribution in [-0.4, -0.2) is 6.18 Å². The van der Waals surface area contributed by atoms with Crippen molar-refractivity contribution >= 4 is 6.08 Å². The second-order valence-electron chi connectivity index (χ2n) is 3.44. The summed E-state index contributed by atoms with van der Waals surface area (Å²) in [6.45, 7) is 0. The maximum atomic E-state index is 13.3. The Hall–Kier alpha value is -2.41. The summed E-state index contributed by atoms with van der Waals surface area (Å²) in [5.74, 6) is -5.06. The van der Waals surface area contributed by atoms with Gasteiger partial charge in [-0.2, -0.15) is 32.5 Å². The molecule has 1 rings (SSSR count). The Balaban J connectivity index is 3.46. The van der Waals surface area contributed by atoms with Crippen molar-refractivity contribution in [1.29, 1.82) is 10.5 Å². The van der Waals surface area contributed by atoms with Crippen molar-refractivity contribution in [3.8, 4) is 12.1 Å². The van der Waals surface area contributed by atoms with Gasteiger partial charge in [0.1, 0.15) is 17.7 Å². The van der Waals surface area contributed by atoms with Gasteiger partial charge < -0.3 is 0 Å². The van der Waals surface area contributed by atoms with Crippen molar-refractivity contribution in [2.24, 2.45) is 0 Å². The minimum Gasteiger partial charge on any atom is -0.192 e. The number of rotatable bonds is 2. The van der Waals surface area contributed by atoms with Crippen LogP contribution in [0.1, 0.15) is 11.1 Å². The largest absolute Gasteiger partial charge is 0.458 e. The minimum absolute atomic E-state index is 0.525. The predicted octanol–water partition coefficient (Wildman–Crippen LogP) is 3.77. The zero-order valence-electron chi connectivity index (χ0n) is 9.17. The molecule has 1 aromatic carbocycles. The van der Waals surface area contributed by atoms with E-state index >= 15 is 0 Å². The maximum absolute atomic E-state index is 13.3. The van der Waals surface area contributed by atoms with Crippen LogP contribution in [-0.2, 0) is 5.92 Å². The highest BCUT2D eigenvalue weighted by Crippen LogP contribution is 2.45. The van der Waals surface area contributed by atoms with Gasteiger partial charge in [-0.05, 0) is 11.6 Å². The lowest BCUT2D eigenvalue weighted by Gasteiger charge is -2.21. The van der Waals surface area contributed by atoms with E-state index in [0.29, 0.717) is 12.1 Å². The molecule has 7 heteroatoms. The third kappa shape index (κ3) is 2.89. The molecule has 0 aliphatic heterocycles. The average Bonchev–Trinajstić information content (AvgIpc) is 2.35. The predicted molar refractivity (Wildman–Crippen MR) is 55.6 cm³/mol. The van der Waals surface area contributed by atoms with Crippen LogP contribution in [0, 0.1) is 22.7 Å². The first kappa shape index (κ1) is 14.7. The van der Waals surface area contributed by atoms with E-state index in [-0.39, 0.29) is 0 Å². The van der Waals surface area contributed by atoms with Crippen LogP contribution < -0.4 is 0 Å². The van der Waals surface area contributed by atoms with Crippen LogP contribution in [0.25, 0.3) is 6.08 Å². The Morgan fingerprint density at radius 1 is 1.00 bits per heavy atom. The second-order valence-corrected chi connectivity index (χ2v) is 3.44. The summed E-state index contributed by atoms with van der Waals surface area (Å²) in [7, 11) is 0. The van der Waals surface area contributed by atoms with Crippen LogP contribution in [0.3, 0.4) is 0 Å². The monoisotopic (exact) mass is 272 g/mol. The van der Waals surface area contributed by atoms with E-state index in [0.717, 1.165) is 12.1 Å². The quantitative estimate of drug-likeness (QED) is 0.607. The summed E-state index contributed by atoms with van der Waals surface area (Å²) in [6.07, 6.45) is -5.06. The number of halogens is 5. The molecule has 0 saturated heterocycles. The number of allylic oxidation sites excluding steroid dienone is 1. The Labute approximate surface area is 105 Å². The lowest BCUT2D eigenvalue weighted by Crippen LogP contribution is -2.34. The van der Waals surface area contributed by atoms with Gasteiger partial charge in [0.05, 0.1) is 0 Å². The fourth-order valence-corrected chi connectivity index (χ4v) is 1.31. The van der Waals surface area contributed by atoms with Crippen LogP contribution >= 0.6 is 0 Å². The molecular weight excluding hydrogens is 267 g/mol. The van der Waals surface area contributed by atoms with E-state index in [2.05, 4.69) is 0 Å². The Kier molecular flexibility index (Phi) is 3.91. The molecule has 0 aliphatic carbocycles. The molecule has 0 bridgehead atoms. The molecule has 19 heavy (non-hydrogen) atoms. The highest BCUT2D eigenvalue weighted by molar-refractivity contribution is 5.65. The smallest absolute Gasteiger partial charge is 0.192 e. The molecule has 0 heterocycles. The van der Waals surface area contributed by atoms with Crippen molar-refractivity contribution < 1.29 is 22.0 Å². The number of nitriles is 2. The zero-order chi connectivity index (χ0) is 14.7. The van der Waals surface area contributed by atoms with Crippen molar-refractivity contribution in [2.45, 2.75) is 12.1 Å². The van der Waals surface area contributed by atoms with Crippen LogP contribution in [0.15, 0.2) is 29.8 Å². The lowest BCUT2D eigenvalue weighted by atomic mass is 9.99. The standard InChI is InChI=1S/C12H5F5N2/c13-11(14,12(15,16)17)10-4-2-1-3-9(10)5-8(6-18)7-19/h1-5H. The zero-order valence-corrected chi connectivity index (χ0v) is 9.17. The molecule has 98 valence electrons. The first-order valence-corrected chi connectivity index (χ1v) is 4.80. The van der Waals surface area contributed by atoms with E-state index < -0.39 is 28.8 Å². The molecule has 2 nitrogen and oxygen atoms in total. The summed E-state index contributed by atoms with van der Waals surface area (Å²) < 4.78 is 63.4. The fourth-order valence-electron chi connectivity index (χ4n) is 1.31. The second kappa shape index (κ2) is 5.07. The number of hydrogen-bond donors (Lipinski definition) is 0. The number of benzene rings is 1. The minimum atomic E-state index is -5.75. The van der Waals surface area contributed by atoms with Crippen molar-refractivity contribution in [3.05, 3.63) is 41.0 Å². The van der Waals surface area contributed by atoms with Crippen molar-refractivity contribution in [1.82, 2.24) is 0 Å².